The molecule has 6 aliphatic rings. The number of thioether (sulfide) groups is 1. The van der Waals surface area contributed by atoms with E-state index >= 15 is 0 Å². The van der Waals surface area contributed by atoms with E-state index in [4.69, 9.17) is 14.0 Å². The Bertz CT molecular complexity index is 1860. The highest BCUT2D eigenvalue weighted by molar-refractivity contribution is 8.00. The summed E-state index contributed by atoms with van der Waals surface area (Å²) in [7, 11) is 0. The van der Waals surface area contributed by atoms with Gasteiger partial charge in [-0.15, -0.1) is 11.8 Å². The van der Waals surface area contributed by atoms with Crippen LogP contribution in [0.2, 0.25) is 0 Å². The number of rotatable bonds is 13. The first-order chi connectivity index (χ1) is 26.6. The average molecular weight is 771 g/mol. The number of hydrogen-bond acceptors (Lipinski definition) is 9. The zero-order valence-electron chi connectivity index (χ0n) is 32.1. The maximum absolute atomic E-state index is 13.2. The molecule has 3 heterocycles. The van der Waals surface area contributed by atoms with Gasteiger partial charge in [0.25, 0.3) is 5.91 Å². The fraction of sp³-hybridized carbons (Fsp3) is 0.605. The lowest BCUT2D eigenvalue weighted by molar-refractivity contribution is -0.159. The van der Waals surface area contributed by atoms with Gasteiger partial charge in [0.05, 0.1) is 13.0 Å². The lowest BCUT2D eigenvalue weighted by Crippen LogP contribution is -2.67. The van der Waals surface area contributed by atoms with Crippen molar-refractivity contribution >= 4 is 35.5 Å². The van der Waals surface area contributed by atoms with Gasteiger partial charge in [-0.1, -0.05) is 35.9 Å². The van der Waals surface area contributed by atoms with E-state index in [1.165, 1.54) is 37.7 Å². The van der Waals surface area contributed by atoms with Crippen LogP contribution in [-0.4, -0.2) is 76.7 Å². The van der Waals surface area contributed by atoms with E-state index < -0.39 is 6.04 Å². The van der Waals surface area contributed by atoms with Crippen LogP contribution in [0, 0.1) is 36.0 Å². The number of benzene rings is 1. The van der Waals surface area contributed by atoms with E-state index in [2.05, 4.69) is 35.4 Å². The number of amides is 3. The second-order valence-electron chi connectivity index (χ2n) is 16.7. The SMILES string of the molecule is C=C1C=C2CCC3C(CCC4(C)C(OC(=O)CCCCNC(=O)CCOc5ccc(-c6noc(C)c6C(=O)NC6C(=O)N7CCSC67)cc5)CCC34)C2CC1. The molecule has 2 N–H and O–H groups in total. The molecule has 3 amide bonds. The smallest absolute Gasteiger partial charge is 0.306 e. The van der Waals surface area contributed by atoms with Crippen molar-refractivity contribution in [1.29, 1.82) is 0 Å². The molecule has 2 aromatic rings. The zero-order valence-corrected chi connectivity index (χ0v) is 32.9. The summed E-state index contributed by atoms with van der Waals surface area (Å²) in [5, 5.41) is 9.90. The molecule has 12 heteroatoms. The highest BCUT2D eigenvalue weighted by atomic mass is 32.2. The maximum Gasteiger partial charge on any atom is 0.306 e. The van der Waals surface area contributed by atoms with Gasteiger partial charge in [-0.05, 0) is 119 Å². The van der Waals surface area contributed by atoms with E-state index in [1.54, 1.807) is 53.4 Å². The predicted molar refractivity (Wildman–Crippen MR) is 209 cm³/mol. The fourth-order valence-electron chi connectivity index (χ4n) is 10.7. The van der Waals surface area contributed by atoms with Gasteiger partial charge >= 0.3 is 5.97 Å². The topological polar surface area (TPSA) is 140 Å². The van der Waals surface area contributed by atoms with Crippen LogP contribution in [0.3, 0.4) is 0 Å². The van der Waals surface area contributed by atoms with Crippen LogP contribution in [0.1, 0.15) is 100 Å². The van der Waals surface area contributed by atoms with Crippen molar-refractivity contribution in [2.24, 2.45) is 29.1 Å². The van der Waals surface area contributed by atoms with Crippen LogP contribution in [0.25, 0.3) is 11.3 Å². The van der Waals surface area contributed by atoms with Crippen molar-refractivity contribution in [2.45, 2.75) is 108 Å². The number of nitrogens with one attached hydrogen (secondary N) is 2. The lowest BCUT2D eigenvalue weighted by atomic mass is 9.52. The van der Waals surface area contributed by atoms with E-state index in [-0.39, 0.29) is 53.6 Å². The molecule has 2 saturated heterocycles. The minimum Gasteiger partial charge on any atom is -0.493 e. The number of carbonyl (C=O) groups excluding carboxylic acids is 4. The molecular weight excluding hydrogens is 717 g/mol. The molecule has 294 valence electrons. The third-order valence-electron chi connectivity index (χ3n) is 13.6. The summed E-state index contributed by atoms with van der Waals surface area (Å²) in [5.74, 6) is 4.08. The molecule has 8 atom stereocenters. The number of esters is 1. The van der Waals surface area contributed by atoms with Gasteiger partial charge in [0.15, 0.2) is 0 Å². The van der Waals surface area contributed by atoms with Gasteiger partial charge in [-0.3, -0.25) is 19.2 Å². The first-order valence-corrected chi connectivity index (χ1v) is 21.4. The number of carbonyl (C=O) groups is 4. The molecule has 0 radical (unpaired) electrons. The van der Waals surface area contributed by atoms with E-state index in [0.717, 1.165) is 49.3 Å². The molecule has 1 aromatic carbocycles. The molecule has 0 bridgehead atoms. The van der Waals surface area contributed by atoms with Crippen molar-refractivity contribution in [2.75, 3.05) is 25.4 Å². The first-order valence-electron chi connectivity index (χ1n) is 20.4. The van der Waals surface area contributed by atoms with Crippen LogP contribution in [0.15, 0.2) is 52.6 Å². The third-order valence-corrected chi connectivity index (χ3v) is 14.9. The first kappa shape index (κ1) is 37.8. The van der Waals surface area contributed by atoms with Gasteiger partial charge in [0, 0.05) is 36.2 Å². The maximum atomic E-state index is 13.2. The van der Waals surface area contributed by atoms with Crippen molar-refractivity contribution in [3.8, 4) is 17.0 Å². The van der Waals surface area contributed by atoms with Crippen LogP contribution in [0.5, 0.6) is 5.75 Å². The molecular formula is C43H54N4O7S. The van der Waals surface area contributed by atoms with Gasteiger partial charge < -0.3 is 29.5 Å². The second-order valence-corrected chi connectivity index (χ2v) is 18.0. The minimum absolute atomic E-state index is 0.0141. The van der Waals surface area contributed by atoms with Gasteiger partial charge in [-0.2, -0.15) is 0 Å². The van der Waals surface area contributed by atoms with Crippen LogP contribution >= 0.6 is 11.8 Å². The number of aromatic nitrogens is 1. The third kappa shape index (κ3) is 7.47. The van der Waals surface area contributed by atoms with E-state index in [1.807, 2.05) is 0 Å². The number of unbranched alkanes of at least 4 members (excludes halogenated alkanes) is 1. The lowest BCUT2D eigenvalue weighted by Gasteiger charge is -2.53. The molecule has 3 saturated carbocycles. The summed E-state index contributed by atoms with van der Waals surface area (Å²) in [6.45, 7) is 9.72. The Labute approximate surface area is 327 Å². The summed E-state index contributed by atoms with van der Waals surface area (Å²) >= 11 is 1.67. The Kier molecular flexibility index (Phi) is 10.9. The predicted octanol–water partition coefficient (Wildman–Crippen LogP) is 6.76. The number of ether oxygens (including phenoxy) is 2. The summed E-state index contributed by atoms with van der Waals surface area (Å²) < 4.78 is 17.4. The standard InChI is InChI=1S/C43H54N4O7S/c1-25-7-13-30-28(24-25)10-14-32-31(30)17-19-43(3)33(32)15-16-34(43)53-36(49)6-4-5-20-44-35(48)18-22-52-29-11-8-27(9-12-29)38-37(26(2)54-46-38)40(50)45-39-41(51)47-21-23-55-42(39)47/h8-9,11-12,24,30-34,39,42H,1,4-7,10,13-23H2,2-3H3,(H,44,48)(H,45,50). The van der Waals surface area contributed by atoms with E-state index in [9.17, 15) is 19.2 Å². The Morgan fingerprint density at radius 2 is 1.89 bits per heavy atom. The number of hydrogen-bond donors (Lipinski definition) is 2. The number of allylic oxidation sites excluding steroid dienone is 3. The largest absolute Gasteiger partial charge is 0.493 e. The molecule has 0 spiro atoms. The fourth-order valence-corrected chi connectivity index (χ4v) is 12.0. The zero-order chi connectivity index (χ0) is 38.3. The van der Waals surface area contributed by atoms with Crippen molar-refractivity contribution in [3.63, 3.8) is 0 Å². The second kappa shape index (κ2) is 15.8. The number of aryl methyl sites for hydroxylation is 1. The molecule has 8 unspecified atom stereocenters. The number of fused-ring (bicyclic) bond motifs is 6. The molecule has 11 nitrogen and oxygen atoms in total. The molecule has 4 aliphatic carbocycles. The van der Waals surface area contributed by atoms with Crippen LogP contribution in [0.4, 0.5) is 0 Å². The molecule has 8 rings (SSSR count). The Balaban J connectivity index is 0.719. The molecule has 1 aromatic heterocycles. The number of nitrogens with zero attached hydrogens (tertiary/aromatic N) is 2. The van der Waals surface area contributed by atoms with Gasteiger partial charge in [-0.25, -0.2) is 0 Å². The van der Waals surface area contributed by atoms with Crippen LogP contribution < -0.4 is 15.4 Å². The van der Waals surface area contributed by atoms with Crippen molar-refractivity contribution in [3.05, 3.63) is 59.4 Å². The molecule has 55 heavy (non-hydrogen) atoms. The summed E-state index contributed by atoms with van der Waals surface area (Å²) in [5.41, 5.74) is 4.40. The summed E-state index contributed by atoms with van der Waals surface area (Å²) in [6.07, 6.45) is 13.8. The Morgan fingerprint density at radius 3 is 2.73 bits per heavy atom. The van der Waals surface area contributed by atoms with Crippen LogP contribution in [-0.2, 0) is 19.1 Å². The monoisotopic (exact) mass is 770 g/mol. The minimum atomic E-state index is -0.538. The van der Waals surface area contributed by atoms with E-state index in [0.29, 0.717) is 60.1 Å². The highest BCUT2D eigenvalue weighted by Crippen LogP contribution is 2.62. The normalized spacial score (nSPS) is 30.6. The Morgan fingerprint density at radius 1 is 1.05 bits per heavy atom. The molecule has 5 fully saturated rings. The van der Waals surface area contributed by atoms with Crippen molar-refractivity contribution < 1.29 is 33.2 Å². The summed E-state index contributed by atoms with van der Waals surface area (Å²) in [4.78, 5) is 52.8. The quantitative estimate of drug-likeness (QED) is 0.129. The number of β-lactam (4-membered cyclic amide) rings is 1. The Hall–Kier alpha value is -4.06. The van der Waals surface area contributed by atoms with Gasteiger partial charge in [0.1, 0.15) is 40.3 Å². The van der Waals surface area contributed by atoms with Crippen molar-refractivity contribution in [1.82, 2.24) is 20.7 Å². The molecule has 2 aliphatic heterocycles. The summed E-state index contributed by atoms with van der Waals surface area (Å²) in [6, 6.07) is 6.55. The van der Waals surface area contributed by atoms with Gasteiger partial charge in [0.2, 0.25) is 11.8 Å². The highest BCUT2D eigenvalue weighted by Gasteiger charge is 2.57. The average Bonchev–Trinajstić information content (AvgIpc) is 3.89.